The molecule has 1 aromatic rings. The number of nitrogens with one attached hydrogen (secondary N) is 1. The van der Waals surface area contributed by atoms with Crippen LogP contribution in [0.2, 0.25) is 5.02 Å². The summed E-state index contributed by atoms with van der Waals surface area (Å²) in [6, 6.07) is 4.42. The molecule has 0 radical (unpaired) electrons. The number of benzene rings is 1. The van der Waals surface area contributed by atoms with Crippen molar-refractivity contribution in [1.29, 1.82) is 0 Å². The molecule has 1 N–H and O–H groups in total. The summed E-state index contributed by atoms with van der Waals surface area (Å²) in [6.07, 6.45) is 2.19. The van der Waals surface area contributed by atoms with Crippen molar-refractivity contribution in [2.24, 2.45) is 0 Å². The molecule has 0 aromatic heterocycles. The zero-order chi connectivity index (χ0) is 14.3. The Bertz CT molecular complexity index is 424. The van der Waals surface area contributed by atoms with Crippen LogP contribution in [0.1, 0.15) is 26.7 Å². The van der Waals surface area contributed by atoms with Gasteiger partial charge in [-0.25, -0.2) is 0 Å². The number of hydrogen-bond donors (Lipinski definition) is 1. The molecule has 0 amide bonds. The standard InChI is InChI=1S/C13H19ClN2O3/c1-10(2)19-8-4-3-7-15-13-6-5-11(16(17)18)9-12(13)14/h5-6,9-10,15H,3-4,7-8H2,1-2H3. The number of anilines is 1. The van der Waals surface area contributed by atoms with E-state index in [-0.39, 0.29) is 11.8 Å². The van der Waals surface area contributed by atoms with Crippen molar-refractivity contribution in [3.8, 4) is 0 Å². The first-order valence-corrected chi connectivity index (χ1v) is 6.68. The van der Waals surface area contributed by atoms with Crippen LogP contribution in [-0.2, 0) is 4.74 Å². The average molecular weight is 287 g/mol. The molecule has 0 aliphatic rings. The SMILES string of the molecule is CC(C)OCCCCNc1ccc([N+](=O)[O-])cc1Cl. The maximum atomic E-state index is 10.6. The fraction of sp³-hybridized carbons (Fsp3) is 0.538. The Morgan fingerprint density at radius 1 is 1.42 bits per heavy atom. The average Bonchev–Trinajstić information content (AvgIpc) is 2.34. The Kier molecular flexibility index (Phi) is 6.59. The van der Waals surface area contributed by atoms with Crippen molar-refractivity contribution >= 4 is 23.0 Å². The van der Waals surface area contributed by atoms with Gasteiger partial charge >= 0.3 is 0 Å². The highest BCUT2D eigenvalue weighted by Crippen LogP contribution is 2.26. The normalized spacial score (nSPS) is 10.7. The van der Waals surface area contributed by atoms with Gasteiger partial charge in [-0.1, -0.05) is 11.6 Å². The lowest BCUT2D eigenvalue weighted by atomic mass is 10.2. The number of hydrogen-bond acceptors (Lipinski definition) is 4. The first kappa shape index (κ1) is 15.7. The van der Waals surface area contributed by atoms with Gasteiger partial charge in [0, 0.05) is 25.3 Å². The fourth-order valence-electron chi connectivity index (χ4n) is 1.53. The maximum Gasteiger partial charge on any atom is 0.271 e. The summed E-state index contributed by atoms with van der Waals surface area (Å²) in [5.41, 5.74) is 0.720. The smallest absolute Gasteiger partial charge is 0.271 e. The van der Waals surface area contributed by atoms with Gasteiger partial charge in [-0.05, 0) is 32.8 Å². The van der Waals surface area contributed by atoms with Gasteiger partial charge in [-0.15, -0.1) is 0 Å². The topological polar surface area (TPSA) is 64.4 Å². The quantitative estimate of drug-likeness (QED) is 0.448. The number of nitrogens with zero attached hydrogens (tertiary/aromatic N) is 1. The van der Waals surface area contributed by atoms with Gasteiger partial charge < -0.3 is 10.1 Å². The minimum atomic E-state index is -0.459. The van der Waals surface area contributed by atoms with Gasteiger partial charge in [-0.2, -0.15) is 0 Å². The molecule has 1 rings (SSSR count). The second-order valence-electron chi connectivity index (χ2n) is 4.47. The second kappa shape index (κ2) is 7.96. The van der Waals surface area contributed by atoms with E-state index in [1.807, 2.05) is 13.8 Å². The third kappa shape index (κ3) is 5.89. The monoisotopic (exact) mass is 286 g/mol. The van der Waals surface area contributed by atoms with Crippen molar-refractivity contribution in [2.75, 3.05) is 18.5 Å². The fourth-order valence-corrected chi connectivity index (χ4v) is 1.77. The largest absolute Gasteiger partial charge is 0.384 e. The van der Waals surface area contributed by atoms with Crippen LogP contribution >= 0.6 is 11.6 Å². The Balaban J connectivity index is 2.32. The van der Waals surface area contributed by atoms with Crippen molar-refractivity contribution in [3.63, 3.8) is 0 Å². The minimum absolute atomic E-state index is 0.000818. The Labute approximate surface area is 118 Å². The first-order chi connectivity index (χ1) is 9.00. The molecule has 0 fully saturated rings. The molecule has 1 aromatic carbocycles. The number of nitro benzene ring substituents is 1. The van der Waals surface area contributed by atoms with Crippen molar-refractivity contribution in [2.45, 2.75) is 32.8 Å². The predicted molar refractivity (Wildman–Crippen MR) is 76.9 cm³/mol. The molecular weight excluding hydrogens is 268 g/mol. The molecule has 6 heteroatoms. The van der Waals surface area contributed by atoms with Gasteiger partial charge in [0.2, 0.25) is 0 Å². The lowest BCUT2D eigenvalue weighted by molar-refractivity contribution is -0.384. The van der Waals surface area contributed by atoms with Gasteiger partial charge in [0.25, 0.3) is 5.69 Å². The van der Waals surface area contributed by atoms with Crippen molar-refractivity contribution in [1.82, 2.24) is 0 Å². The lowest BCUT2D eigenvalue weighted by Gasteiger charge is -2.09. The molecule has 0 spiro atoms. The van der Waals surface area contributed by atoms with Crippen LogP contribution in [-0.4, -0.2) is 24.2 Å². The zero-order valence-electron chi connectivity index (χ0n) is 11.2. The summed E-state index contributed by atoms with van der Waals surface area (Å²) >= 11 is 5.96. The zero-order valence-corrected chi connectivity index (χ0v) is 11.9. The van der Waals surface area contributed by atoms with Gasteiger partial charge in [-0.3, -0.25) is 10.1 Å². The summed E-state index contributed by atoms with van der Waals surface area (Å²) in [5.74, 6) is 0. The van der Waals surface area contributed by atoms with E-state index in [2.05, 4.69) is 5.32 Å². The third-order valence-corrected chi connectivity index (χ3v) is 2.81. The van der Waals surface area contributed by atoms with E-state index in [0.29, 0.717) is 5.02 Å². The number of halogens is 1. The second-order valence-corrected chi connectivity index (χ2v) is 4.88. The van der Waals surface area contributed by atoms with Crippen LogP contribution in [0.25, 0.3) is 0 Å². The Hall–Kier alpha value is -1.33. The van der Waals surface area contributed by atoms with Crippen molar-refractivity contribution < 1.29 is 9.66 Å². The van der Waals surface area contributed by atoms with E-state index in [4.69, 9.17) is 16.3 Å². The lowest BCUT2D eigenvalue weighted by Crippen LogP contribution is -2.07. The number of ether oxygens (including phenoxy) is 1. The van der Waals surface area contributed by atoms with E-state index < -0.39 is 4.92 Å². The van der Waals surface area contributed by atoms with E-state index in [1.165, 1.54) is 12.1 Å². The Morgan fingerprint density at radius 2 is 2.16 bits per heavy atom. The third-order valence-electron chi connectivity index (χ3n) is 2.50. The maximum absolute atomic E-state index is 10.6. The Morgan fingerprint density at radius 3 is 2.74 bits per heavy atom. The van der Waals surface area contributed by atoms with E-state index in [0.717, 1.165) is 31.7 Å². The van der Waals surface area contributed by atoms with E-state index in [1.54, 1.807) is 6.07 Å². The van der Waals surface area contributed by atoms with Crippen LogP contribution in [0, 0.1) is 10.1 Å². The minimum Gasteiger partial charge on any atom is -0.384 e. The molecule has 0 unspecified atom stereocenters. The molecule has 19 heavy (non-hydrogen) atoms. The highest BCUT2D eigenvalue weighted by molar-refractivity contribution is 6.33. The summed E-state index contributed by atoms with van der Waals surface area (Å²) < 4.78 is 5.43. The molecule has 106 valence electrons. The number of nitro groups is 1. The van der Waals surface area contributed by atoms with E-state index in [9.17, 15) is 10.1 Å². The van der Waals surface area contributed by atoms with Crippen molar-refractivity contribution in [3.05, 3.63) is 33.3 Å². The molecule has 0 bridgehead atoms. The molecule has 0 heterocycles. The molecule has 0 atom stereocenters. The van der Waals surface area contributed by atoms with Crippen LogP contribution < -0.4 is 5.32 Å². The molecule has 0 saturated heterocycles. The summed E-state index contributed by atoms with van der Waals surface area (Å²) in [5, 5.41) is 14.1. The van der Waals surface area contributed by atoms with Crippen LogP contribution in [0.4, 0.5) is 11.4 Å². The van der Waals surface area contributed by atoms with Crippen LogP contribution in [0.3, 0.4) is 0 Å². The summed E-state index contributed by atoms with van der Waals surface area (Å²) in [4.78, 5) is 10.1. The number of unbranched alkanes of at least 4 members (excludes halogenated alkanes) is 1. The molecule has 5 nitrogen and oxygen atoms in total. The van der Waals surface area contributed by atoms with E-state index >= 15 is 0 Å². The van der Waals surface area contributed by atoms with Gasteiger partial charge in [0.15, 0.2) is 0 Å². The molecule has 0 aliphatic heterocycles. The molecule has 0 aliphatic carbocycles. The van der Waals surface area contributed by atoms with Gasteiger partial charge in [0.05, 0.1) is 21.7 Å². The predicted octanol–water partition coefficient (Wildman–Crippen LogP) is 3.87. The first-order valence-electron chi connectivity index (χ1n) is 6.30. The number of non-ortho nitro benzene ring substituents is 1. The summed E-state index contributed by atoms with van der Waals surface area (Å²) in [6.45, 7) is 5.52. The number of rotatable bonds is 8. The van der Waals surface area contributed by atoms with Crippen LogP contribution in [0.15, 0.2) is 18.2 Å². The van der Waals surface area contributed by atoms with Gasteiger partial charge in [0.1, 0.15) is 0 Å². The van der Waals surface area contributed by atoms with Crippen LogP contribution in [0.5, 0.6) is 0 Å². The highest BCUT2D eigenvalue weighted by Gasteiger charge is 2.08. The highest BCUT2D eigenvalue weighted by atomic mass is 35.5. The summed E-state index contributed by atoms with van der Waals surface area (Å²) in [7, 11) is 0. The molecular formula is C13H19ClN2O3. The molecule has 0 saturated carbocycles.